The van der Waals surface area contributed by atoms with Crippen molar-refractivity contribution in [3.05, 3.63) is 15.5 Å². The van der Waals surface area contributed by atoms with E-state index in [9.17, 15) is 0 Å². The lowest BCUT2D eigenvalue weighted by molar-refractivity contribution is 0.00783. The molecule has 18 heavy (non-hydrogen) atoms. The molecule has 2 bridgehead atoms. The lowest BCUT2D eigenvalue weighted by Crippen LogP contribution is -2.45. The van der Waals surface area contributed by atoms with Crippen LogP contribution in [0.1, 0.15) is 24.5 Å². The van der Waals surface area contributed by atoms with Gasteiger partial charge in [-0.1, -0.05) is 0 Å². The minimum absolute atomic E-state index is 0.744. The van der Waals surface area contributed by atoms with Crippen LogP contribution in [0, 0.1) is 15.5 Å². The van der Waals surface area contributed by atoms with E-state index in [1.807, 2.05) is 0 Å². The van der Waals surface area contributed by atoms with Gasteiger partial charge >= 0.3 is 0 Å². The van der Waals surface area contributed by atoms with Gasteiger partial charge in [0.25, 0.3) is 0 Å². The van der Waals surface area contributed by atoms with Gasteiger partial charge in [0.2, 0.25) is 0 Å². The highest BCUT2D eigenvalue weighted by molar-refractivity contribution is 14.1. The highest BCUT2D eigenvalue weighted by atomic mass is 127. The van der Waals surface area contributed by atoms with E-state index in [1.165, 1.54) is 18.5 Å². The molecule has 3 saturated carbocycles. The van der Waals surface area contributed by atoms with Crippen molar-refractivity contribution in [2.75, 3.05) is 26.3 Å². The fourth-order valence-electron chi connectivity index (χ4n) is 4.22. The van der Waals surface area contributed by atoms with Gasteiger partial charge in [-0.2, -0.15) is 5.10 Å². The number of H-pyrrole nitrogens is 1. The summed E-state index contributed by atoms with van der Waals surface area (Å²) in [5.74, 6) is 2.48. The number of aromatic nitrogens is 2. The number of nitrogens with zero attached hydrogens (tertiary/aromatic N) is 2. The molecule has 98 valence electrons. The Hall–Kier alpha value is -0.140. The first kappa shape index (κ1) is 11.7. The molecule has 1 saturated heterocycles. The van der Waals surface area contributed by atoms with E-state index in [1.54, 1.807) is 0 Å². The van der Waals surface area contributed by atoms with Gasteiger partial charge < -0.3 is 4.74 Å². The first-order valence-corrected chi connectivity index (χ1v) is 7.93. The van der Waals surface area contributed by atoms with Crippen LogP contribution in [0.3, 0.4) is 0 Å². The highest BCUT2D eigenvalue weighted by Crippen LogP contribution is 2.59. The second-order valence-electron chi connectivity index (χ2n) is 5.78. The Labute approximate surface area is 121 Å². The van der Waals surface area contributed by atoms with Crippen molar-refractivity contribution in [3.8, 4) is 0 Å². The molecule has 1 aliphatic heterocycles. The molecule has 1 N–H and O–H groups in total. The second-order valence-corrected chi connectivity index (χ2v) is 6.89. The van der Waals surface area contributed by atoms with E-state index in [4.69, 9.17) is 4.74 Å². The van der Waals surface area contributed by atoms with Crippen molar-refractivity contribution in [1.29, 1.82) is 0 Å². The van der Waals surface area contributed by atoms with Gasteiger partial charge in [0, 0.05) is 30.7 Å². The van der Waals surface area contributed by atoms with Crippen molar-refractivity contribution in [2.45, 2.75) is 24.8 Å². The number of aromatic amines is 1. The second kappa shape index (κ2) is 4.45. The lowest BCUT2D eigenvalue weighted by Gasteiger charge is -2.39. The largest absolute Gasteiger partial charge is 0.379 e. The SMILES string of the molecule is Ic1cc([C@@H]2C3C[C@H]2CC3N2CCOCC2)[nH]n1. The van der Waals surface area contributed by atoms with E-state index in [0.29, 0.717) is 0 Å². The number of hydrogen-bond acceptors (Lipinski definition) is 3. The number of fused-ring (bicyclic) bond motifs is 1. The maximum atomic E-state index is 5.46. The molecule has 5 heteroatoms. The summed E-state index contributed by atoms with van der Waals surface area (Å²) in [6.07, 6.45) is 2.80. The first-order valence-electron chi connectivity index (χ1n) is 6.85. The molecule has 4 atom stereocenters. The average Bonchev–Trinajstić information content (AvgIpc) is 3.04. The lowest BCUT2D eigenvalue weighted by atomic mass is 9.70. The topological polar surface area (TPSA) is 41.1 Å². The molecule has 4 aliphatic rings. The standard InChI is InChI=1S/C13H18IN3O/c14-12-7-10(15-16-12)13-8-5-9(13)11(6-8)17-1-3-18-4-2-17/h7-9,11,13H,1-6H2,(H,15,16)/t8-,9?,11?,13-/m0/s1. The third-order valence-electron chi connectivity index (χ3n) is 5.02. The Balaban J connectivity index is 1.51. The van der Waals surface area contributed by atoms with E-state index < -0.39 is 0 Å². The molecule has 4 nitrogen and oxygen atoms in total. The van der Waals surface area contributed by atoms with Gasteiger partial charge in [0.05, 0.1) is 13.2 Å². The van der Waals surface area contributed by atoms with Crippen LogP contribution in [0.2, 0.25) is 0 Å². The van der Waals surface area contributed by atoms with Crippen LogP contribution in [0.25, 0.3) is 0 Å². The Morgan fingerprint density at radius 1 is 1.33 bits per heavy atom. The van der Waals surface area contributed by atoms with Crippen molar-refractivity contribution in [2.24, 2.45) is 11.8 Å². The summed E-state index contributed by atoms with van der Waals surface area (Å²) >= 11 is 2.29. The Morgan fingerprint density at radius 2 is 2.17 bits per heavy atom. The van der Waals surface area contributed by atoms with Crippen LogP contribution < -0.4 is 0 Å². The third-order valence-corrected chi connectivity index (χ3v) is 5.58. The zero-order valence-corrected chi connectivity index (χ0v) is 12.5. The molecule has 4 fully saturated rings. The Bertz CT molecular complexity index is 443. The molecule has 3 aliphatic carbocycles. The molecule has 1 aromatic heterocycles. The van der Waals surface area contributed by atoms with E-state index in [2.05, 4.69) is 43.8 Å². The zero-order valence-electron chi connectivity index (χ0n) is 10.3. The van der Waals surface area contributed by atoms with Crippen LogP contribution in [-0.4, -0.2) is 47.4 Å². The molecule has 5 rings (SSSR count). The van der Waals surface area contributed by atoms with E-state index >= 15 is 0 Å². The number of morpholine rings is 1. The monoisotopic (exact) mass is 359 g/mol. The van der Waals surface area contributed by atoms with Crippen LogP contribution >= 0.6 is 22.6 Å². The van der Waals surface area contributed by atoms with Crippen LogP contribution in [-0.2, 0) is 4.74 Å². The number of halogens is 1. The smallest absolute Gasteiger partial charge is 0.123 e. The molecule has 0 aromatic carbocycles. The predicted molar refractivity (Wildman–Crippen MR) is 76.4 cm³/mol. The van der Waals surface area contributed by atoms with Gasteiger partial charge in [-0.3, -0.25) is 10.00 Å². The normalized spacial score (nSPS) is 39.8. The number of rotatable bonds is 2. The van der Waals surface area contributed by atoms with Gasteiger partial charge in [0.15, 0.2) is 0 Å². The fourth-order valence-corrected chi connectivity index (χ4v) is 4.67. The van der Waals surface area contributed by atoms with Crippen molar-refractivity contribution >= 4 is 22.6 Å². The average molecular weight is 359 g/mol. The van der Waals surface area contributed by atoms with Gasteiger partial charge in [-0.25, -0.2) is 0 Å². The summed E-state index contributed by atoms with van der Waals surface area (Å²) in [5, 5.41) is 7.51. The minimum Gasteiger partial charge on any atom is -0.379 e. The Morgan fingerprint density at radius 3 is 2.89 bits per heavy atom. The van der Waals surface area contributed by atoms with Crippen molar-refractivity contribution in [1.82, 2.24) is 15.1 Å². The summed E-state index contributed by atoms with van der Waals surface area (Å²) in [5.41, 5.74) is 1.37. The maximum absolute atomic E-state index is 5.46. The summed E-state index contributed by atoms with van der Waals surface area (Å²) in [4.78, 5) is 2.66. The summed E-state index contributed by atoms with van der Waals surface area (Å²) in [6.45, 7) is 4.09. The van der Waals surface area contributed by atoms with Gasteiger partial charge in [-0.15, -0.1) is 0 Å². The van der Waals surface area contributed by atoms with Crippen LogP contribution in [0.4, 0.5) is 0 Å². The number of hydrogen-bond donors (Lipinski definition) is 1. The number of ether oxygens (including phenoxy) is 1. The van der Waals surface area contributed by atoms with Crippen molar-refractivity contribution < 1.29 is 4.74 Å². The van der Waals surface area contributed by atoms with E-state index in [0.717, 1.165) is 53.8 Å². The van der Waals surface area contributed by atoms with Gasteiger partial charge in [0.1, 0.15) is 3.70 Å². The minimum atomic E-state index is 0.744. The first-order chi connectivity index (χ1) is 8.83. The Kier molecular flexibility index (Phi) is 2.89. The summed E-state index contributed by atoms with van der Waals surface area (Å²) < 4.78 is 6.56. The zero-order chi connectivity index (χ0) is 12.1. The third kappa shape index (κ3) is 1.74. The number of nitrogens with one attached hydrogen (secondary N) is 1. The quantitative estimate of drug-likeness (QED) is 0.820. The molecule has 2 heterocycles. The molecule has 2 unspecified atom stereocenters. The molecule has 1 aromatic rings. The van der Waals surface area contributed by atoms with Crippen molar-refractivity contribution in [3.63, 3.8) is 0 Å². The predicted octanol–water partition coefficient (Wildman–Crippen LogP) is 1.84. The summed E-state index contributed by atoms with van der Waals surface area (Å²) in [6, 6.07) is 3.02. The fraction of sp³-hybridized carbons (Fsp3) is 0.769. The van der Waals surface area contributed by atoms with E-state index in [-0.39, 0.29) is 0 Å². The molecule has 0 radical (unpaired) electrons. The van der Waals surface area contributed by atoms with Crippen LogP contribution in [0.5, 0.6) is 0 Å². The van der Waals surface area contributed by atoms with Gasteiger partial charge in [-0.05, 0) is 53.3 Å². The maximum Gasteiger partial charge on any atom is 0.123 e. The molecule has 0 spiro atoms. The highest BCUT2D eigenvalue weighted by Gasteiger charge is 2.55. The molecule has 0 amide bonds. The van der Waals surface area contributed by atoms with Crippen LogP contribution in [0.15, 0.2) is 6.07 Å². The molecular weight excluding hydrogens is 341 g/mol. The molecular formula is C13H18IN3O. The summed E-state index contributed by atoms with van der Waals surface area (Å²) in [7, 11) is 0.